The number of hydrogen-bond acceptors (Lipinski definition) is 3. The zero-order valence-electron chi connectivity index (χ0n) is 7.43. The van der Waals surface area contributed by atoms with Crippen LogP contribution in [0.1, 0.15) is 6.42 Å². The van der Waals surface area contributed by atoms with Gasteiger partial charge in [-0.15, -0.1) is 11.6 Å². The van der Waals surface area contributed by atoms with Gasteiger partial charge in [-0.05, 0) is 6.42 Å². The Morgan fingerprint density at radius 3 is 2.85 bits per heavy atom. The van der Waals surface area contributed by atoms with E-state index in [1.807, 2.05) is 0 Å². The van der Waals surface area contributed by atoms with E-state index in [0.717, 1.165) is 0 Å². The number of amides is 1. The number of carbonyl (C=O) groups is 1. The summed E-state index contributed by atoms with van der Waals surface area (Å²) in [7, 11) is 1.63. The van der Waals surface area contributed by atoms with Crippen molar-refractivity contribution >= 4 is 17.5 Å². The molecule has 0 aliphatic rings. The van der Waals surface area contributed by atoms with Crippen LogP contribution in [0.25, 0.3) is 0 Å². The molecule has 0 bridgehead atoms. The van der Waals surface area contributed by atoms with Crippen LogP contribution in [0.4, 0.5) is 0 Å². The van der Waals surface area contributed by atoms with Crippen molar-refractivity contribution < 1.29 is 4.79 Å². The number of nitrogens with zero attached hydrogens (tertiary/aromatic N) is 1. The lowest BCUT2D eigenvalue weighted by Crippen LogP contribution is -2.26. The largest absolute Gasteiger partial charge is 0.393 e. The van der Waals surface area contributed by atoms with E-state index in [4.69, 9.17) is 16.9 Å². The van der Waals surface area contributed by atoms with Crippen LogP contribution in [0, 0.1) is 11.3 Å². The topological polar surface area (TPSA) is 64.9 Å². The molecule has 0 aliphatic carbocycles. The summed E-state index contributed by atoms with van der Waals surface area (Å²) in [4.78, 5) is 11.2. The number of halogens is 1. The molecule has 0 radical (unpaired) electrons. The van der Waals surface area contributed by atoms with Crippen molar-refractivity contribution in [1.82, 2.24) is 10.6 Å². The molecule has 0 aromatic rings. The third-order valence-electron chi connectivity index (χ3n) is 1.25. The minimum absolute atomic E-state index is 0.0667. The highest BCUT2D eigenvalue weighted by atomic mass is 35.5. The van der Waals surface area contributed by atoms with E-state index in [9.17, 15) is 4.79 Å². The Hall–Kier alpha value is -1.21. The van der Waals surface area contributed by atoms with Crippen LogP contribution in [0.5, 0.6) is 0 Å². The molecule has 0 heterocycles. The van der Waals surface area contributed by atoms with E-state index in [1.54, 1.807) is 13.1 Å². The fraction of sp³-hybridized carbons (Fsp3) is 0.500. The number of carbonyl (C=O) groups excluding carboxylic acids is 1. The van der Waals surface area contributed by atoms with Gasteiger partial charge < -0.3 is 10.6 Å². The fourth-order valence-corrected chi connectivity index (χ4v) is 0.791. The summed E-state index contributed by atoms with van der Waals surface area (Å²) in [5.74, 6) is 0.125. The molecule has 13 heavy (non-hydrogen) atoms. The predicted octanol–water partition coefficient (Wildman–Crippen LogP) is 0.358. The molecular weight excluding hydrogens is 190 g/mol. The monoisotopic (exact) mass is 201 g/mol. The van der Waals surface area contributed by atoms with E-state index < -0.39 is 0 Å². The molecule has 2 N–H and O–H groups in total. The third kappa shape index (κ3) is 5.10. The number of alkyl halides is 1. The second kappa shape index (κ2) is 7.44. The Labute approximate surface area is 82.6 Å². The lowest BCUT2D eigenvalue weighted by molar-refractivity contribution is -0.117. The smallest absolute Gasteiger partial charge is 0.263 e. The Morgan fingerprint density at radius 1 is 1.69 bits per heavy atom. The predicted molar refractivity (Wildman–Crippen MR) is 51.1 cm³/mol. The van der Waals surface area contributed by atoms with Gasteiger partial charge in [0.05, 0.1) is 0 Å². The molecular formula is C8H12ClN3O. The SMILES string of the molecule is CN/C=C(/C#N)C(=O)NCCCCl. The van der Waals surface area contributed by atoms with Gasteiger partial charge in [-0.3, -0.25) is 4.79 Å². The van der Waals surface area contributed by atoms with Crippen molar-refractivity contribution in [3.63, 3.8) is 0 Å². The lowest BCUT2D eigenvalue weighted by Gasteiger charge is -2.01. The van der Waals surface area contributed by atoms with Crippen LogP contribution in [-0.2, 0) is 4.79 Å². The van der Waals surface area contributed by atoms with E-state index in [2.05, 4.69) is 10.6 Å². The zero-order valence-corrected chi connectivity index (χ0v) is 8.19. The highest BCUT2D eigenvalue weighted by molar-refractivity contribution is 6.17. The van der Waals surface area contributed by atoms with Crippen LogP contribution >= 0.6 is 11.6 Å². The van der Waals surface area contributed by atoms with Crippen LogP contribution < -0.4 is 10.6 Å². The number of nitrogens with one attached hydrogen (secondary N) is 2. The highest BCUT2D eigenvalue weighted by Gasteiger charge is 2.06. The molecule has 72 valence electrons. The first-order chi connectivity index (χ1) is 6.26. The van der Waals surface area contributed by atoms with E-state index in [1.165, 1.54) is 6.20 Å². The summed E-state index contributed by atoms with van der Waals surface area (Å²) < 4.78 is 0. The van der Waals surface area contributed by atoms with Gasteiger partial charge in [0.25, 0.3) is 5.91 Å². The molecule has 0 aliphatic heterocycles. The summed E-state index contributed by atoms with van der Waals surface area (Å²) in [5, 5.41) is 13.7. The van der Waals surface area contributed by atoms with Crippen LogP contribution in [0.15, 0.2) is 11.8 Å². The number of nitriles is 1. The first-order valence-corrected chi connectivity index (χ1v) is 4.41. The maximum Gasteiger partial charge on any atom is 0.263 e. The van der Waals surface area contributed by atoms with Gasteiger partial charge in [-0.25, -0.2) is 0 Å². The molecule has 0 fully saturated rings. The summed E-state index contributed by atoms with van der Waals surface area (Å²) in [6.45, 7) is 0.491. The van der Waals surface area contributed by atoms with Gasteiger partial charge >= 0.3 is 0 Å². The fourth-order valence-electron chi connectivity index (χ4n) is 0.657. The van der Waals surface area contributed by atoms with Gasteiger partial charge in [0.2, 0.25) is 0 Å². The van der Waals surface area contributed by atoms with Gasteiger partial charge in [-0.2, -0.15) is 5.26 Å². The summed E-state index contributed by atoms with van der Waals surface area (Å²) in [5.41, 5.74) is 0.0667. The van der Waals surface area contributed by atoms with Crippen molar-refractivity contribution in [3.8, 4) is 6.07 Å². The van der Waals surface area contributed by atoms with Gasteiger partial charge in [0, 0.05) is 25.7 Å². The molecule has 5 heteroatoms. The highest BCUT2D eigenvalue weighted by Crippen LogP contribution is 1.90. The van der Waals surface area contributed by atoms with Crippen LogP contribution in [0.3, 0.4) is 0 Å². The molecule has 0 saturated heterocycles. The van der Waals surface area contributed by atoms with Gasteiger partial charge in [0.15, 0.2) is 0 Å². The normalized spacial score (nSPS) is 10.4. The van der Waals surface area contributed by atoms with Crippen molar-refractivity contribution in [1.29, 1.82) is 5.26 Å². The van der Waals surface area contributed by atoms with Crippen LogP contribution in [-0.4, -0.2) is 25.4 Å². The molecule has 1 amide bonds. The molecule has 0 atom stereocenters. The Kier molecular flexibility index (Phi) is 6.75. The van der Waals surface area contributed by atoms with Gasteiger partial charge in [-0.1, -0.05) is 0 Å². The lowest BCUT2D eigenvalue weighted by atomic mass is 10.3. The van der Waals surface area contributed by atoms with E-state index in [0.29, 0.717) is 18.8 Å². The molecule has 0 unspecified atom stereocenters. The first-order valence-electron chi connectivity index (χ1n) is 3.88. The quantitative estimate of drug-likeness (QED) is 0.292. The molecule has 0 rings (SSSR count). The summed E-state index contributed by atoms with van der Waals surface area (Å²) >= 11 is 5.42. The third-order valence-corrected chi connectivity index (χ3v) is 1.52. The maximum absolute atomic E-state index is 11.2. The Balaban J connectivity index is 3.95. The van der Waals surface area contributed by atoms with Crippen molar-refractivity contribution in [2.75, 3.05) is 19.5 Å². The molecule has 0 aromatic heterocycles. The molecule has 4 nitrogen and oxygen atoms in total. The zero-order chi connectivity index (χ0) is 10.1. The molecule has 0 spiro atoms. The number of rotatable bonds is 5. The van der Waals surface area contributed by atoms with E-state index in [-0.39, 0.29) is 11.5 Å². The van der Waals surface area contributed by atoms with Crippen LogP contribution in [0.2, 0.25) is 0 Å². The first kappa shape index (κ1) is 11.8. The molecule has 0 aromatic carbocycles. The van der Waals surface area contributed by atoms with Crippen molar-refractivity contribution in [2.24, 2.45) is 0 Å². The van der Waals surface area contributed by atoms with E-state index >= 15 is 0 Å². The minimum Gasteiger partial charge on any atom is -0.393 e. The summed E-state index contributed by atoms with van der Waals surface area (Å²) in [6.07, 6.45) is 2.06. The Bertz CT molecular complexity index is 232. The van der Waals surface area contributed by atoms with Crippen molar-refractivity contribution in [2.45, 2.75) is 6.42 Å². The average molecular weight is 202 g/mol. The Morgan fingerprint density at radius 2 is 2.38 bits per heavy atom. The second-order valence-electron chi connectivity index (χ2n) is 2.26. The minimum atomic E-state index is -0.373. The summed E-state index contributed by atoms with van der Waals surface area (Å²) in [6, 6.07) is 1.78. The maximum atomic E-state index is 11.2. The van der Waals surface area contributed by atoms with Gasteiger partial charge in [0.1, 0.15) is 11.6 Å². The number of hydrogen-bond donors (Lipinski definition) is 2. The average Bonchev–Trinajstić information content (AvgIpc) is 2.14. The standard InChI is InChI=1S/C8H12ClN3O/c1-11-6-7(5-10)8(13)12-4-2-3-9/h6,11H,2-4H2,1H3,(H,12,13)/b7-6-. The molecule has 0 saturated carbocycles. The second-order valence-corrected chi connectivity index (χ2v) is 2.63. The van der Waals surface area contributed by atoms with Crippen molar-refractivity contribution in [3.05, 3.63) is 11.8 Å².